The Morgan fingerprint density at radius 3 is 1.55 bits per heavy atom. The normalized spacial score (nSPS) is 11.5. The highest BCUT2D eigenvalue weighted by atomic mass is 79.9. The minimum atomic E-state index is 1.02. The summed E-state index contributed by atoms with van der Waals surface area (Å²) in [6.07, 6.45) is 0. The van der Waals surface area contributed by atoms with Crippen molar-refractivity contribution in [2.24, 2.45) is 0 Å². The summed E-state index contributed by atoms with van der Waals surface area (Å²) >= 11 is 13.7. The number of hydrogen-bond donors (Lipinski definition) is 0. The number of fused-ring (bicyclic) bond motifs is 1. The van der Waals surface area contributed by atoms with Crippen LogP contribution in [0.25, 0.3) is 29.4 Å². The van der Waals surface area contributed by atoms with Gasteiger partial charge in [0.15, 0.2) is 9.66 Å². The van der Waals surface area contributed by atoms with Crippen molar-refractivity contribution in [1.82, 2.24) is 9.97 Å². The van der Waals surface area contributed by atoms with Crippen LogP contribution in [0.5, 0.6) is 0 Å². The van der Waals surface area contributed by atoms with Crippen molar-refractivity contribution in [3.63, 3.8) is 0 Å². The summed E-state index contributed by atoms with van der Waals surface area (Å²) in [6, 6.07) is 4.20. The molecular weight excluding hydrogens is 460 g/mol. The molecule has 2 nitrogen and oxygen atoms in total. The third kappa shape index (κ3) is 2.42. The molecule has 4 aromatic rings. The largest absolute Gasteiger partial charge is 0.222 e. The van der Waals surface area contributed by atoms with Gasteiger partial charge < -0.3 is 0 Å². The van der Waals surface area contributed by atoms with Crippen molar-refractivity contribution in [3.05, 3.63) is 31.8 Å². The summed E-state index contributed by atoms with van der Waals surface area (Å²) in [5.41, 5.74) is 0. The Bertz CT molecular complexity index is 800. The van der Waals surface area contributed by atoms with E-state index in [1.807, 2.05) is 0 Å². The second-order valence-corrected chi connectivity index (χ2v) is 9.52. The van der Waals surface area contributed by atoms with E-state index in [1.165, 1.54) is 9.75 Å². The Morgan fingerprint density at radius 1 is 0.750 bits per heavy atom. The summed E-state index contributed by atoms with van der Waals surface area (Å²) in [5, 5.41) is 6.25. The van der Waals surface area contributed by atoms with Gasteiger partial charge in [-0.25, -0.2) is 9.97 Å². The number of aromatic nitrogens is 2. The minimum Gasteiger partial charge on any atom is -0.222 e. The lowest BCUT2D eigenvalue weighted by molar-refractivity contribution is 1.51. The van der Waals surface area contributed by atoms with E-state index in [1.54, 1.807) is 45.3 Å². The van der Waals surface area contributed by atoms with Gasteiger partial charge in [0.1, 0.15) is 10.0 Å². The van der Waals surface area contributed by atoms with E-state index in [0.29, 0.717) is 0 Å². The molecule has 0 amide bonds. The first-order valence-corrected chi connectivity index (χ1v) is 10.4. The van der Waals surface area contributed by atoms with E-state index in [9.17, 15) is 0 Å². The van der Waals surface area contributed by atoms with Gasteiger partial charge >= 0.3 is 0 Å². The lowest BCUT2D eigenvalue weighted by atomic mass is 10.5. The molecule has 100 valence electrons. The molecule has 0 atom stereocenters. The molecule has 0 aliphatic heterocycles. The van der Waals surface area contributed by atoms with Crippen LogP contribution < -0.4 is 0 Å². The summed E-state index contributed by atoms with van der Waals surface area (Å²) in [7, 11) is 0. The second-order valence-electron chi connectivity index (χ2n) is 3.91. The number of thiophene rings is 2. The van der Waals surface area contributed by atoms with Crippen molar-refractivity contribution < 1.29 is 0 Å². The molecule has 4 heterocycles. The van der Waals surface area contributed by atoms with Crippen molar-refractivity contribution in [1.29, 1.82) is 0 Å². The Balaban J connectivity index is 1.77. The van der Waals surface area contributed by atoms with Gasteiger partial charge in [-0.1, -0.05) is 22.7 Å². The number of thiazole rings is 2. The van der Waals surface area contributed by atoms with Gasteiger partial charge in [-0.2, -0.15) is 0 Å². The van der Waals surface area contributed by atoms with Gasteiger partial charge in [0.05, 0.1) is 9.75 Å². The van der Waals surface area contributed by atoms with Gasteiger partial charge in [0.25, 0.3) is 0 Å². The third-order valence-electron chi connectivity index (χ3n) is 2.53. The first-order chi connectivity index (χ1) is 9.69. The Labute approximate surface area is 147 Å². The third-order valence-corrected chi connectivity index (χ3v) is 8.28. The molecule has 0 bridgehead atoms. The molecule has 0 radical (unpaired) electrons. The molecule has 0 unspecified atom stereocenters. The maximum atomic E-state index is 4.71. The zero-order chi connectivity index (χ0) is 13.7. The highest BCUT2D eigenvalue weighted by Gasteiger charge is 2.14. The predicted octanol–water partition coefficient (Wildman–Crippen LogP) is 6.73. The van der Waals surface area contributed by atoms with E-state index < -0.39 is 0 Å². The van der Waals surface area contributed by atoms with Crippen molar-refractivity contribution in [3.8, 4) is 19.8 Å². The van der Waals surface area contributed by atoms with Crippen LogP contribution in [-0.2, 0) is 0 Å². The van der Waals surface area contributed by atoms with Gasteiger partial charge in [-0.15, -0.1) is 22.7 Å². The van der Waals surface area contributed by atoms with Crippen molar-refractivity contribution in [2.45, 2.75) is 0 Å². The standard InChI is InChI=1S/C12H4Br2N2S4/c13-5-1-7(17-3-5)9-15-11-12(19-9)16-10(20-11)8-2-6(14)4-18-8/h1-4H. The molecule has 0 fully saturated rings. The summed E-state index contributed by atoms with van der Waals surface area (Å²) in [6.45, 7) is 0. The van der Waals surface area contributed by atoms with E-state index in [0.717, 1.165) is 28.6 Å². The first-order valence-electron chi connectivity index (χ1n) is 5.45. The molecule has 4 rings (SSSR count). The van der Waals surface area contributed by atoms with Crippen LogP contribution in [0.4, 0.5) is 0 Å². The van der Waals surface area contributed by atoms with Crippen LogP contribution in [-0.4, -0.2) is 9.97 Å². The molecular formula is C12H4Br2N2S4. The van der Waals surface area contributed by atoms with Crippen LogP contribution in [0.1, 0.15) is 0 Å². The lowest BCUT2D eigenvalue weighted by Crippen LogP contribution is -1.67. The van der Waals surface area contributed by atoms with Gasteiger partial charge in [0.2, 0.25) is 0 Å². The van der Waals surface area contributed by atoms with E-state index in [-0.39, 0.29) is 0 Å². The zero-order valence-corrected chi connectivity index (χ0v) is 16.0. The topological polar surface area (TPSA) is 25.8 Å². The molecule has 0 aliphatic rings. The van der Waals surface area contributed by atoms with Crippen molar-refractivity contribution in [2.75, 3.05) is 0 Å². The summed E-state index contributed by atoms with van der Waals surface area (Å²) < 4.78 is 2.21. The molecule has 0 saturated carbocycles. The second kappa shape index (κ2) is 5.26. The van der Waals surface area contributed by atoms with Gasteiger partial charge in [-0.05, 0) is 44.0 Å². The average Bonchev–Trinajstić information content (AvgIpc) is 3.09. The fourth-order valence-corrected chi connectivity index (χ4v) is 6.73. The SMILES string of the molecule is Brc1csc(-c2nc3sc(-c4cc(Br)cs4)nc3s2)c1. The van der Waals surface area contributed by atoms with Gasteiger partial charge in [-0.3, -0.25) is 0 Å². The maximum absolute atomic E-state index is 4.71. The Morgan fingerprint density at radius 2 is 1.20 bits per heavy atom. The smallest absolute Gasteiger partial charge is 0.155 e. The minimum absolute atomic E-state index is 1.02. The summed E-state index contributed by atoms with van der Waals surface area (Å²) in [4.78, 5) is 13.8. The molecule has 20 heavy (non-hydrogen) atoms. The highest BCUT2D eigenvalue weighted by Crippen LogP contribution is 2.40. The zero-order valence-electron chi connectivity index (χ0n) is 9.59. The van der Waals surface area contributed by atoms with Crippen LogP contribution >= 0.6 is 77.2 Å². The van der Waals surface area contributed by atoms with Crippen molar-refractivity contribution >= 4 is 86.9 Å². The number of hydrogen-bond acceptors (Lipinski definition) is 6. The van der Waals surface area contributed by atoms with Crippen LogP contribution in [0.2, 0.25) is 0 Å². The molecule has 4 aromatic heterocycles. The van der Waals surface area contributed by atoms with E-state index >= 15 is 0 Å². The summed E-state index contributed by atoms with van der Waals surface area (Å²) in [5.74, 6) is 0. The molecule has 0 aliphatic carbocycles. The number of halogens is 2. The molecule has 0 N–H and O–H groups in total. The number of nitrogens with zero attached hydrogens (tertiary/aromatic N) is 2. The monoisotopic (exact) mass is 462 g/mol. The number of rotatable bonds is 2. The highest BCUT2D eigenvalue weighted by molar-refractivity contribution is 9.10. The van der Waals surface area contributed by atoms with Crippen LogP contribution in [0, 0.1) is 0 Å². The average molecular weight is 464 g/mol. The quantitative estimate of drug-likeness (QED) is 0.329. The predicted molar refractivity (Wildman–Crippen MR) is 97.3 cm³/mol. The molecule has 0 spiro atoms. The Hall–Kier alpha value is -0.120. The lowest BCUT2D eigenvalue weighted by Gasteiger charge is -1.88. The molecule has 0 aromatic carbocycles. The van der Waals surface area contributed by atoms with E-state index in [4.69, 9.17) is 9.97 Å². The molecule has 0 saturated heterocycles. The van der Waals surface area contributed by atoms with Crippen LogP contribution in [0.3, 0.4) is 0 Å². The maximum Gasteiger partial charge on any atom is 0.155 e. The first kappa shape index (κ1) is 13.5. The van der Waals surface area contributed by atoms with Gasteiger partial charge in [0, 0.05) is 19.7 Å². The fraction of sp³-hybridized carbons (Fsp3) is 0. The molecule has 8 heteroatoms. The Kier molecular flexibility index (Phi) is 3.56. The fourth-order valence-electron chi connectivity index (χ4n) is 1.70. The van der Waals surface area contributed by atoms with E-state index in [2.05, 4.69) is 54.8 Å². The van der Waals surface area contributed by atoms with Crippen LogP contribution in [0.15, 0.2) is 31.8 Å².